The van der Waals surface area contributed by atoms with Gasteiger partial charge in [-0.25, -0.2) is 0 Å². The first-order valence-corrected chi connectivity index (χ1v) is 7.61. The number of nitrogens with two attached hydrogens (primary N) is 1. The molecule has 0 spiro atoms. The monoisotopic (exact) mass is 270 g/mol. The molecule has 1 saturated carbocycles. The van der Waals surface area contributed by atoms with Crippen molar-refractivity contribution in [2.45, 2.75) is 37.5 Å². The zero-order valence-corrected chi connectivity index (χ0v) is 11.9. The summed E-state index contributed by atoms with van der Waals surface area (Å²) in [6, 6.07) is 4.45. The molecular formula is C13H19ClN2S. The van der Waals surface area contributed by atoms with Crippen LogP contribution >= 0.6 is 23.4 Å². The van der Waals surface area contributed by atoms with E-state index >= 15 is 0 Å². The SMILES string of the molecule is CSC1CCC(Nc2cc(Cl)c(N)cc2C)C1. The maximum atomic E-state index is 6.06. The average molecular weight is 271 g/mol. The van der Waals surface area contributed by atoms with Crippen molar-refractivity contribution in [2.24, 2.45) is 0 Å². The molecule has 2 unspecified atom stereocenters. The summed E-state index contributed by atoms with van der Waals surface area (Å²) in [5.74, 6) is 0. The van der Waals surface area contributed by atoms with E-state index in [4.69, 9.17) is 17.3 Å². The third-order valence-corrected chi connectivity index (χ3v) is 4.84. The van der Waals surface area contributed by atoms with E-state index in [9.17, 15) is 0 Å². The molecular weight excluding hydrogens is 252 g/mol. The zero-order chi connectivity index (χ0) is 12.4. The molecule has 0 heterocycles. The average Bonchev–Trinajstić information content (AvgIpc) is 2.73. The highest BCUT2D eigenvalue weighted by molar-refractivity contribution is 7.99. The summed E-state index contributed by atoms with van der Waals surface area (Å²) in [6.07, 6.45) is 5.98. The number of nitrogen functional groups attached to an aromatic ring is 1. The highest BCUT2D eigenvalue weighted by Crippen LogP contribution is 2.33. The Morgan fingerprint density at radius 3 is 2.82 bits per heavy atom. The highest BCUT2D eigenvalue weighted by Gasteiger charge is 2.24. The van der Waals surface area contributed by atoms with Gasteiger partial charge in [0.1, 0.15) is 0 Å². The van der Waals surface area contributed by atoms with Crippen LogP contribution < -0.4 is 11.1 Å². The molecule has 17 heavy (non-hydrogen) atoms. The lowest BCUT2D eigenvalue weighted by Gasteiger charge is -2.17. The van der Waals surface area contributed by atoms with E-state index in [2.05, 4.69) is 18.5 Å². The van der Waals surface area contributed by atoms with Crippen molar-refractivity contribution < 1.29 is 0 Å². The number of hydrogen-bond donors (Lipinski definition) is 2. The maximum Gasteiger partial charge on any atom is 0.0656 e. The summed E-state index contributed by atoms with van der Waals surface area (Å²) in [7, 11) is 0. The lowest BCUT2D eigenvalue weighted by Crippen LogP contribution is -2.16. The van der Waals surface area contributed by atoms with Crippen LogP contribution in [0.4, 0.5) is 11.4 Å². The lowest BCUT2D eigenvalue weighted by molar-refractivity contribution is 0.756. The molecule has 94 valence electrons. The fourth-order valence-corrected chi connectivity index (χ4v) is 3.32. The summed E-state index contributed by atoms with van der Waals surface area (Å²) < 4.78 is 0. The van der Waals surface area contributed by atoms with Crippen LogP contribution in [0.2, 0.25) is 5.02 Å². The Morgan fingerprint density at radius 1 is 1.41 bits per heavy atom. The molecule has 1 fully saturated rings. The van der Waals surface area contributed by atoms with Gasteiger partial charge < -0.3 is 11.1 Å². The van der Waals surface area contributed by atoms with Crippen molar-refractivity contribution in [3.8, 4) is 0 Å². The second-order valence-electron chi connectivity index (χ2n) is 4.70. The fourth-order valence-electron chi connectivity index (χ4n) is 2.36. The second-order valence-corrected chi connectivity index (χ2v) is 6.25. The summed E-state index contributed by atoms with van der Waals surface area (Å²) in [6.45, 7) is 2.07. The van der Waals surface area contributed by atoms with Gasteiger partial charge in [-0.15, -0.1) is 0 Å². The van der Waals surface area contributed by atoms with Gasteiger partial charge in [0.25, 0.3) is 0 Å². The molecule has 1 aliphatic rings. The number of anilines is 2. The van der Waals surface area contributed by atoms with Crippen LogP contribution in [0, 0.1) is 6.92 Å². The Labute approximate surface area is 112 Å². The van der Waals surface area contributed by atoms with Crippen LogP contribution in [0.5, 0.6) is 0 Å². The molecule has 0 radical (unpaired) electrons. The molecule has 0 aliphatic heterocycles. The molecule has 1 aliphatic carbocycles. The topological polar surface area (TPSA) is 38.0 Å². The predicted octanol–water partition coefficient (Wildman–Crippen LogP) is 3.93. The summed E-state index contributed by atoms with van der Waals surface area (Å²) in [5.41, 5.74) is 8.72. The van der Waals surface area contributed by atoms with E-state index in [1.165, 1.54) is 24.8 Å². The number of halogens is 1. The minimum absolute atomic E-state index is 0.575. The van der Waals surface area contributed by atoms with Crippen LogP contribution in [-0.2, 0) is 0 Å². The Hall–Kier alpha value is -0.540. The third-order valence-electron chi connectivity index (χ3n) is 3.42. The number of thioether (sulfide) groups is 1. The van der Waals surface area contributed by atoms with Crippen LogP contribution in [0.1, 0.15) is 24.8 Å². The zero-order valence-electron chi connectivity index (χ0n) is 10.3. The number of rotatable bonds is 3. The lowest BCUT2D eigenvalue weighted by atomic mass is 10.1. The van der Waals surface area contributed by atoms with E-state index in [-0.39, 0.29) is 0 Å². The molecule has 0 amide bonds. The molecule has 0 saturated heterocycles. The fraction of sp³-hybridized carbons (Fsp3) is 0.538. The molecule has 2 atom stereocenters. The van der Waals surface area contributed by atoms with Crippen LogP contribution in [-0.4, -0.2) is 17.5 Å². The van der Waals surface area contributed by atoms with Gasteiger partial charge in [0.2, 0.25) is 0 Å². The van der Waals surface area contributed by atoms with Crippen LogP contribution in [0.25, 0.3) is 0 Å². The Balaban J connectivity index is 2.06. The summed E-state index contributed by atoms with van der Waals surface area (Å²) in [4.78, 5) is 0. The number of hydrogen-bond acceptors (Lipinski definition) is 3. The van der Waals surface area contributed by atoms with Crippen molar-refractivity contribution in [1.82, 2.24) is 0 Å². The summed E-state index contributed by atoms with van der Waals surface area (Å²) in [5, 5.41) is 5.03. The largest absolute Gasteiger partial charge is 0.398 e. The highest BCUT2D eigenvalue weighted by atomic mass is 35.5. The van der Waals surface area contributed by atoms with Crippen LogP contribution in [0.15, 0.2) is 12.1 Å². The van der Waals surface area contributed by atoms with Crippen molar-refractivity contribution in [1.29, 1.82) is 0 Å². The van der Waals surface area contributed by atoms with Gasteiger partial charge in [-0.1, -0.05) is 11.6 Å². The smallest absolute Gasteiger partial charge is 0.0656 e. The Morgan fingerprint density at radius 2 is 2.18 bits per heavy atom. The van der Waals surface area contributed by atoms with Crippen molar-refractivity contribution in [3.05, 3.63) is 22.7 Å². The maximum absolute atomic E-state index is 6.06. The first-order valence-electron chi connectivity index (χ1n) is 5.95. The molecule has 2 nitrogen and oxygen atoms in total. The quantitative estimate of drug-likeness (QED) is 0.818. The number of aryl methyl sites for hydroxylation is 1. The van der Waals surface area contributed by atoms with E-state index < -0.39 is 0 Å². The molecule has 0 bridgehead atoms. The van der Waals surface area contributed by atoms with Gasteiger partial charge in [0, 0.05) is 17.0 Å². The minimum Gasteiger partial charge on any atom is -0.398 e. The molecule has 0 aromatic heterocycles. The number of nitrogens with one attached hydrogen (secondary N) is 1. The van der Waals surface area contributed by atoms with Gasteiger partial charge in [-0.05, 0) is 50.1 Å². The summed E-state index contributed by atoms with van der Waals surface area (Å²) >= 11 is 8.03. The Bertz CT molecular complexity index is 409. The van der Waals surface area contributed by atoms with Crippen molar-refractivity contribution >= 4 is 34.7 Å². The number of benzene rings is 1. The van der Waals surface area contributed by atoms with E-state index in [1.807, 2.05) is 23.9 Å². The van der Waals surface area contributed by atoms with Gasteiger partial charge in [0.05, 0.1) is 10.7 Å². The van der Waals surface area contributed by atoms with Crippen molar-refractivity contribution in [3.63, 3.8) is 0 Å². The van der Waals surface area contributed by atoms with Gasteiger partial charge in [0.15, 0.2) is 0 Å². The third kappa shape index (κ3) is 3.02. The standard InChI is InChI=1S/C13H19ClN2S/c1-8-5-12(15)11(14)7-13(8)16-9-3-4-10(6-9)17-2/h5,7,9-10,16H,3-4,6,15H2,1-2H3. The van der Waals surface area contributed by atoms with E-state index in [1.54, 1.807) is 0 Å². The molecule has 1 aromatic rings. The van der Waals surface area contributed by atoms with Gasteiger partial charge in [-0.2, -0.15) is 11.8 Å². The van der Waals surface area contributed by atoms with E-state index in [0.29, 0.717) is 16.8 Å². The molecule has 1 aromatic carbocycles. The normalized spacial score (nSPS) is 23.9. The van der Waals surface area contributed by atoms with Gasteiger partial charge in [-0.3, -0.25) is 0 Å². The van der Waals surface area contributed by atoms with Crippen molar-refractivity contribution in [2.75, 3.05) is 17.3 Å². The van der Waals surface area contributed by atoms with Crippen LogP contribution in [0.3, 0.4) is 0 Å². The first-order chi connectivity index (χ1) is 8.10. The first kappa shape index (κ1) is 12.9. The van der Waals surface area contributed by atoms with Gasteiger partial charge >= 0.3 is 0 Å². The Kier molecular flexibility index (Phi) is 4.10. The molecule has 4 heteroatoms. The molecule has 2 rings (SSSR count). The van der Waals surface area contributed by atoms with E-state index in [0.717, 1.165) is 10.9 Å². The molecule has 3 N–H and O–H groups in total. The predicted molar refractivity (Wildman–Crippen MR) is 79.2 cm³/mol. The minimum atomic E-state index is 0.575. The second kappa shape index (κ2) is 5.40.